The molecule has 0 heterocycles. The number of hydrogen-bond donors (Lipinski definition) is 0. The van der Waals surface area contributed by atoms with Crippen LogP contribution in [0, 0.1) is 0 Å². The Labute approximate surface area is 274 Å². The molecule has 45 heavy (non-hydrogen) atoms. The Morgan fingerprint density at radius 3 is 0.578 bits per heavy atom. The fourth-order valence-corrected chi connectivity index (χ4v) is 5.76. The van der Waals surface area contributed by atoms with Crippen LogP contribution in [0.4, 0.5) is 0 Å². The first kappa shape index (κ1) is 34.1. The average molecular weight is 595 g/mol. The molecule has 0 aliphatic heterocycles. The van der Waals surface area contributed by atoms with E-state index in [-0.39, 0.29) is 16.2 Å². The van der Waals surface area contributed by atoms with Crippen LogP contribution in [0.5, 0.6) is 0 Å². The lowest BCUT2D eigenvalue weighted by Gasteiger charge is -2.22. The quantitative estimate of drug-likeness (QED) is 0.227. The van der Waals surface area contributed by atoms with Gasteiger partial charge in [-0.2, -0.15) is 0 Å². The van der Waals surface area contributed by atoms with E-state index >= 15 is 0 Å². The van der Waals surface area contributed by atoms with Crippen molar-refractivity contribution in [3.8, 4) is 0 Å². The minimum atomic E-state index is 0.0133. The zero-order chi connectivity index (χ0) is 33.6. The van der Waals surface area contributed by atoms with Crippen molar-refractivity contribution in [2.75, 3.05) is 0 Å². The van der Waals surface area contributed by atoms with Crippen LogP contribution in [-0.4, -0.2) is 0 Å². The van der Waals surface area contributed by atoms with Gasteiger partial charge in [-0.25, -0.2) is 0 Å². The van der Waals surface area contributed by atoms with Gasteiger partial charge in [0.1, 0.15) is 0 Å². The van der Waals surface area contributed by atoms with Gasteiger partial charge in [0, 0.05) is 0 Å². The Morgan fingerprint density at radius 2 is 0.444 bits per heavy atom. The molecule has 0 unspecified atom stereocenters. The minimum Gasteiger partial charge on any atom is -0.113 e. The summed E-state index contributed by atoms with van der Waals surface area (Å²) in [6.07, 6.45) is 0. The molecule has 4 rings (SSSR count). The molecule has 0 spiro atoms. The molecule has 0 saturated heterocycles. The van der Waals surface area contributed by atoms with Gasteiger partial charge in [0.25, 0.3) is 0 Å². The lowest BCUT2D eigenvalue weighted by atomic mass is 9.82. The maximum absolute atomic E-state index is 3.79. The summed E-state index contributed by atoms with van der Waals surface area (Å²) in [5, 5.41) is 0. The predicted molar refractivity (Wildman–Crippen MR) is 200 cm³/mol. The SMILES string of the molecule is CC1=C=C(C)c2cc(cc(C(C)(C)C)c2)C(C)=C=C(C)c2cc(cc(C(C)(C)C)c2)C(C)=C=C(C)c2cc1cc(C(C)(C)C)c2. The van der Waals surface area contributed by atoms with E-state index in [2.05, 4.69) is 176 Å². The van der Waals surface area contributed by atoms with E-state index in [1.54, 1.807) is 0 Å². The maximum Gasteiger partial charge on any atom is -0.00157 e. The maximum atomic E-state index is 3.79. The molecule has 0 heteroatoms. The van der Waals surface area contributed by atoms with Crippen molar-refractivity contribution in [3.63, 3.8) is 0 Å². The third-order valence-corrected chi connectivity index (χ3v) is 9.12. The van der Waals surface area contributed by atoms with Gasteiger partial charge >= 0.3 is 0 Å². The molecular weight excluding hydrogens is 540 g/mol. The lowest BCUT2D eigenvalue weighted by Crippen LogP contribution is -2.12. The summed E-state index contributed by atoms with van der Waals surface area (Å²) in [6.45, 7) is 33.8. The largest absolute Gasteiger partial charge is 0.113 e. The third-order valence-electron chi connectivity index (χ3n) is 9.12. The van der Waals surface area contributed by atoms with Gasteiger partial charge < -0.3 is 0 Å². The number of benzene rings is 3. The lowest BCUT2D eigenvalue weighted by molar-refractivity contribution is 0.589. The fraction of sp³-hybridized carbons (Fsp3) is 0.400. The number of hydrogen-bond acceptors (Lipinski definition) is 0. The van der Waals surface area contributed by atoms with E-state index in [1.165, 1.54) is 50.1 Å². The summed E-state index contributed by atoms with van der Waals surface area (Å²) in [6, 6.07) is 21.0. The monoisotopic (exact) mass is 594 g/mol. The normalized spacial score (nSPS) is 14.7. The van der Waals surface area contributed by atoms with Gasteiger partial charge in [-0.3, -0.25) is 0 Å². The van der Waals surface area contributed by atoms with Crippen molar-refractivity contribution in [1.82, 2.24) is 0 Å². The van der Waals surface area contributed by atoms with E-state index in [0.29, 0.717) is 0 Å². The first-order chi connectivity index (χ1) is 20.6. The van der Waals surface area contributed by atoms with E-state index in [4.69, 9.17) is 0 Å². The van der Waals surface area contributed by atoms with Crippen LogP contribution in [0.1, 0.15) is 154 Å². The van der Waals surface area contributed by atoms with Gasteiger partial charge in [-0.15, -0.1) is 17.2 Å². The minimum absolute atomic E-state index is 0.0133. The van der Waals surface area contributed by atoms with E-state index in [1.807, 2.05) is 0 Å². The second-order valence-corrected chi connectivity index (χ2v) is 16.3. The molecule has 3 aromatic rings. The van der Waals surface area contributed by atoms with Crippen molar-refractivity contribution in [1.29, 1.82) is 0 Å². The molecule has 0 fully saturated rings. The molecule has 6 bridgehead atoms. The van der Waals surface area contributed by atoms with Crippen LogP contribution in [0.25, 0.3) is 33.4 Å². The van der Waals surface area contributed by atoms with Crippen molar-refractivity contribution in [2.24, 2.45) is 0 Å². The third kappa shape index (κ3) is 7.90. The van der Waals surface area contributed by atoms with Gasteiger partial charge in [0.05, 0.1) is 0 Å². The van der Waals surface area contributed by atoms with Crippen molar-refractivity contribution >= 4 is 33.4 Å². The first-order valence-corrected chi connectivity index (χ1v) is 16.4. The summed E-state index contributed by atoms with van der Waals surface area (Å²) in [4.78, 5) is 0. The van der Waals surface area contributed by atoms with Gasteiger partial charge in [0.15, 0.2) is 0 Å². The van der Waals surface area contributed by atoms with Crippen LogP contribution in [0.3, 0.4) is 0 Å². The Morgan fingerprint density at radius 1 is 0.289 bits per heavy atom. The summed E-state index contributed by atoms with van der Waals surface area (Å²) in [5.74, 6) is 0. The van der Waals surface area contributed by atoms with E-state index in [0.717, 1.165) is 33.4 Å². The van der Waals surface area contributed by atoms with E-state index < -0.39 is 0 Å². The highest BCUT2D eigenvalue weighted by molar-refractivity contribution is 5.82. The Balaban J connectivity index is 2.23. The zero-order valence-corrected chi connectivity index (χ0v) is 30.7. The summed E-state index contributed by atoms with van der Waals surface area (Å²) < 4.78 is 0. The smallest absolute Gasteiger partial charge is 0.00157 e. The standard InChI is InChI=1S/C45H54/c1-28-16-29(2)36-20-37(25-41(24-36)44(10,11)12)32(5)18-33(6)39-21-38(26-42(27-39)45(13,14)15)31(4)17-30(3)35-19-34(28)22-40(23-35)43(7,8)9/h19-27H,1-15H3. The molecule has 1 aliphatic rings. The molecule has 0 N–H and O–H groups in total. The Kier molecular flexibility index (Phi) is 9.24. The second kappa shape index (κ2) is 12.2. The van der Waals surface area contributed by atoms with Gasteiger partial charge in [-0.1, -0.05) is 98.7 Å². The topological polar surface area (TPSA) is 0 Å². The average Bonchev–Trinajstić information content (AvgIpc) is 2.94. The van der Waals surface area contributed by atoms with Crippen molar-refractivity contribution < 1.29 is 0 Å². The predicted octanol–water partition coefficient (Wildman–Crippen LogP) is 13.2. The van der Waals surface area contributed by atoms with Gasteiger partial charge in [0.2, 0.25) is 0 Å². The molecule has 0 radical (unpaired) electrons. The fourth-order valence-electron chi connectivity index (χ4n) is 5.76. The number of allylic oxidation sites excluding steroid dienone is 3. The van der Waals surface area contributed by atoms with Crippen LogP contribution in [0.15, 0.2) is 71.8 Å². The van der Waals surface area contributed by atoms with Crippen LogP contribution >= 0.6 is 0 Å². The highest BCUT2D eigenvalue weighted by Crippen LogP contribution is 2.34. The van der Waals surface area contributed by atoms with Crippen molar-refractivity contribution in [3.05, 3.63) is 122 Å². The number of rotatable bonds is 0. The molecule has 0 saturated carbocycles. The summed E-state index contributed by atoms with van der Waals surface area (Å²) in [7, 11) is 0. The Hall–Kier alpha value is -3.78. The number of fused-ring (bicyclic) bond motifs is 6. The van der Waals surface area contributed by atoms with Gasteiger partial charge in [-0.05, 0) is 159 Å². The zero-order valence-electron chi connectivity index (χ0n) is 30.7. The Bertz CT molecular complexity index is 1550. The molecule has 3 aromatic carbocycles. The molecule has 234 valence electrons. The van der Waals surface area contributed by atoms with Crippen molar-refractivity contribution in [2.45, 2.75) is 120 Å². The molecule has 0 amide bonds. The summed E-state index contributed by atoms with van der Waals surface area (Å²) >= 11 is 0. The molecule has 0 aromatic heterocycles. The van der Waals surface area contributed by atoms with E-state index in [9.17, 15) is 0 Å². The van der Waals surface area contributed by atoms with Crippen LogP contribution in [0.2, 0.25) is 0 Å². The summed E-state index contributed by atoms with van der Waals surface area (Å²) in [5.41, 5.74) is 29.4. The molecular formula is C45H54. The highest BCUT2D eigenvalue weighted by atomic mass is 14.2. The highest BCUT2D eigenvalue weighted by Gasteiger charge is 2.20. The first-order valence-electron chi connectivity index (χ1n) is 16.4. The van der Waals surface area contributed by atoms with Crippen LogP contribution in [-0.2, 0) is 16.2 Å². The second-order valence-electron chi connectivity index (χ2n) is 16.3. The molecule has 0 atom stereocenters. The van der Waals surface area contributed by atoms with Crippen LogP contribution < -0.4 is 0 Å². The molecule has 1 aliphatic carbocycles. The molecule has 0 nitrogen and oxygen atoms in total.